The summed E-state index contributed by atoms with van der Waals surface area (Å²) in [5.74, 6) is -0.402. The second-order valence-corrected chi connectivity index (χ2v) is 5.07. The number of ether oxygens (including phenoxy) is 1. The summed E-state index contributed by atoms with van der Waals surface area (Å²) in [5, 5.41) is 4.62. The van der Waals surface area contributed by atoms with Crippen molar-refractivity contribution in [2.45, 2.75) is 18.5 Å². The molecule has 0 aliphatic heterocycles. The van der Waals surface area contributed by atoms with Gasteiger partial charge in [-0.05, 0) is 24.2 Å². The number of carbonyl (C=O) groups excluding carboxylic acids is 1. The van der Waals surface area contributed by atoms with Crippen molar-refractivity contribution in [2.24, 2.45) is 0 Å². The molecule has 0 amide bonds. The summed E-state index contributed by atoms with van der Waals surface area (Å²) in [6.07, 6.45) is 5.93. The highest BCUT2D eigenvalue weighted by Gasteiger charge is 2.19. The van der Waals surface area contributed by atoms with Crippen LogP contribution in [0.15, 0.2) is 17.6 Å². The number of carbonyl (C=O) groups is 1. The Hall–Kier alpha value is -1.54. The second kappa shape index (κ2) is 6.58. The Morgan fingerprint density at radius 2 is 2.16 bits per heavy atom. The van der Waals surface area contributed by atoms with Crippen LogP contribution in [0.4, 0.5) is 0 Å². The third-order valence-electron chi connectivity index (χ3n) is 2.19. The van der Waals surface area contributed by atoms with Gasteiger partial charge in [-0.2, -0.15) is 0 Å². The van der Waals surface area contributed by atoms with E-state index in [0.717, 1.165) is 18.0 Å². The molecule has 0 saturated heterocycles. The van der Waals surface area contributed by atoms with Gasteiger partial charge in [0.2, 0.25) is 0 Å². The molecule has 0 fully saturated rings. The minimum absolute atomic E-state index is 0.383. The largest absolute Gasteiger partial charge is 0.461 e. The van der Waals surface area contributed by atoms with Crippen molar-refractivity contribution in [2.75, 3.05) is 12.9 Å². The highest BCUT2D eigenvalue weighted by molar-refractivity contribution is 7.98. The van der Waals surface area contributed by atoms with Gasteiger partial charge in [-0.1, -0.05) is 23.2 Å². The van der Waals surface area contributed by atoms with E-state index in [9.17, 15) is 4.79 Å². The standard InChI is InChI=1S/C11H12N4O2S2/c1-3-4-17-10(16)9-8(14-15-19-9)7-5-12-11(18-2)13-6-7/h5-6H,3-4H2,1-2H3. The Labute approximate surface area is 118 Å². The highest BCUT2D eigenvalue weighted by atomic mass is 32.2. The van der Waals surface area contributed by atoms with Crippen LogP contribution >= 0.6 is 23.3 Å². The second-order valence-electron chi connectivity index (χ2n) is 3.55. The smallest absolute Gasteiger partial charge is 0.352 e. The fourth-order valence-corrected chi connectivity index (χ4v) is 2.22. The maximum atomic E-state index is 11.8. The summed E-state index contributed by atoms with van der Waals surface area (Å²) >= 11 is 2.47. The van der Waals surface area contributed by atoms with E-state index in [1.807, 2.05) is 13.2 Å². The van der Waals surface area contributed by atoms with Crippen molar-refractivity contribution in [1.82, 2.24) is 19.6 Å². The average Bonchev–Trinajstić information content (AvgIpc) is 2.94. The number of nitrogens with zero attached hydrogens (tertiary/aromatic N) is 4. The Morgan fingerprint density at radius 1 is 1.42 bits per heavy atom. The number of hydrogen-bond acceptors (Lipinski definition) is 8. The van der Waals surface area contributed by atoms with Gasteiger partial charge in [-0.3, -0.25) is 0 Å². The SMILES string of the molecule is CCCOC(=O)c1snnc1-c1cnc(SC)nc1. The van der Waals surface area contributed by atoms with E-state index < -0.39 is 5.97 Å². The first-order chi connectivity index (χ1) is 9.26. The normalized spacial score (nSPS) is 10.4. The lowest BCUT2D eigenvalue weighted by atomic mass is 10.2. The van der Waals surface area contributed by atoms with Gasteiger partial charge < -0.3 is 4.74 Å². The van der Waals surface area contributed by atoms with Gasteiger partial charge in [0.05, 0.1) is 6.61 Å². The van der Waals surface area contributed by atoms with Gasteiger partial charge >= 0.3 is 5.97 Å². The number of esters is 1. The summed E-state index contributed by atoms with van der Waals surface area (Å²) in [6, 6.07) is 0. The molecule has 6 nitrogen and oxygen atoms in total. The minimum atomic E-state index is -0.402. The van der Waals surface area contributed by atoms with Crippen LogP contribution in [0.1, 0.15) is 23.0 Å². The molecule has 0 aliphatic carbocycles. The van der Waals surface area contributed by atoms with E-state index in [4.69, 9.17) is 4.74 Å². The summed E-state index contributed by atoms with van der Waals surface area (Å²) < 4.78 is 8.89. The van der Waals surface area contributed by atoms with Crippen LogP contribution in [0.2, 0.25) is 0 Å². The van der Waals surface area contributed by atoms with E-state index in [-0.39, 0.29) is 0 Å². The zero-order valence-corrected chi connectivity index (χ0v) is 12.1. The summed E-state index contributed by atoms with van der Waals surface area (Å²) in [5.41, 5.74) is 1.13. The molecule has 0 bridgehead atoms. The van der Waals surface area contributed by atoms with Crippen LogP contribution in [-0.2, 0) is 4.74 Å². The molecule has 0 spiro atoms. The average molecular weight is 296 g/mol. The molecular weight excluding hydrogens is 284 g/mol. The molecule has 0 radical (unpaired) electrons. The predicted molar refractivity (Wildman–Crippen MR) is 73.3 cm³/mol. The fraction of sp³-hybridized carbons (Fsp3) is 0.364. The molecule has 2 aromatic heterocycles. The Kier molecular flexibility index (Phi) is 4.80. The molecule has 19 heavy (non-hydrogen) atoms. The van der Waals surface area contributed by atoms with E-state index >= 15 is 0 Å². The molecule has 0 unspecified atom stereocenters. The van der Waals surface area contributed by atoms with Crippen molar-refractivity contribution in [3.05, 3.63) is 17.3 Å². The zero-order chi connectivity index (χ0) is 13.7. The zero-order valence-electron chi connectivity index (χ0n) is 10.5. The molecule has 2 aromatic rings. The molecule has 8 heteroatoms. The van der Waals surface area contributed by atoms with Gasteiger partial charge in [-0.25, -0.2) is 14.8 Å². The third-order valence-corrected chi connectivity index (χ3v) is 3.48. The predicted octanol–water partition coefficient (Wildman–Crippen LogP) is 2.28. The summed E-state index contributed by atoms with van der Waals surface area (Å²) in [6.45, 7) is 2.33. The van der Waals surface area contributed by atoms with Crippen molar-refractivity contribution in [3.8, 4) is 11.3 Å². The van der Waals surface area contributed by atoms with Gasteiger partial charge in [0.1, 0.15) is 5.69 Å². The molecule has 0 aliphatic rings. The number of aromatic nitrogens is 4. The molecule has 0 atom stereocenters. The molecule has 0 aromatic carbocycles. The Bertz CT molecular complexity index is 556. The summed E-state index contributed by atoms with van der Waals surface area (Å²) in [7, 11) is 0. The van der Waals surface area contributed by atoms with E-state index in [1.165, 1.54) is 11.8 Å². The molecule has 0 N–H and O–H groups in total. The van der Waals surface area contributed by atoms with Gasteiger partial charge in [0, 0.05) is 18.0 Å². The van der Waals surface area contributed by atoms with E-state index in [0.29, 0.717) is 27.9 Å². The van der Waals surface area contributed by atoms with Gasteiger partial charge in [-0.15, -0.1) is 5.10 Å². The van der Waals surface area contributed by atoms with Gasteiger partial charge in [0.25, 0.3) is 0 Å². The minimum Gasteiger partial charge on any atom is -0.461 e. The lowest BCUT2D eigenvalue weighted by Gasteiger charge is -2.02. The number of hydrogen-bond donors (Lipinski definition) is 0. The molecule has 2 heterocycles. The fourth-order valence-electron chi connectivity index (χ4n) is 1.32. The van der Waals surface area contributed by atoms with Crippen molar-refractivity contribution in [3.63, 3.8) is 0 Å². The van der Waals surface area contributed by atoms with Crippen molar-refractivity contribution < 1.29 is 9.53 Å². The molecular formula is C11H12N4O2S2. The molecule has 100 valence electrons. The monoisotopic (exact) mass is 296 g/mol. The number of rotatable bonds is 5. The van der Waals surface area contributed by atoms with E-state index in [1.54, 1.807) is 12.4 Å². The highest BCUT2D eigenvalue weighted by Crippen LogP contribution is 2.24. The van der Waals surface area contributed by atoms with Crippen LogP contribution < -0.4 is 0 Å². The van der Waals surface area contributed by atoms with Crippen LogP contribution in [0.25, 0.3) is 11.3 Å². The van der Waals surface area contributed by atoms with Crippen LogP contribution in [0, 0.1) is 0 Å². The first-order valence-corrected chi connectivity index (χ1v) is 7.62. The van der Waals surface area contributed by atoms with Crippen LogP contribution in [0.5, 0.6) is 0 Å². The lowest BCUT2D eigenvalue weighted by molar-refractivity contribution is 0.0511. The third kappa shape index (κ3) is 3.27. The maximum absolute atomic E-state index is 11.8. The molecule has 2 rings (SSSR count). The first-order valence-electron chi connectivity index (χ1n) is 5.62. The van der Waals surface area contributed by atoms with E-state index in [2.05, 4.69) is 19.6 Å². The Balaban J connectivity index is 2.25. The topological polar surface area (TPSA) is 77.9 Å². The van der Waals surface area contributed by atoms with Crippen LogP contribution in [-0.4, -0.2) is 38.4 Å². The van der Waals surface area contributed by atoms with Gasteiger partial charge in [0.15, 0.2) is 10.0 Å². The summed E-state index contributed by atoms with van der Waals surface area (Å²) in [4.78, 5) is 20.5. The van der Waals surface area contributed by atoms with Crippen LogP contribution in [0.3, 0.4) is 0 Å². The lowest BCUT2D eigenvalue weighted by Crippen LogP contribution is -2.05. The maximum Gasteiger partial charge on any atom is 0.352 e. The van der Waals surface area contributed by atoms with Crippen molar-refractivity contribution >= 4 is 29.3 Å². The van der Waals surface area contributed by atoms with Crippen molar-refractivity contribution in [1.29, 1.82) is 0 Å². The quantitative estimate of drug-likeness (QED) is 0.476. The molecule has 0 saturated carbocycles. The number of thioether (sulfide) groups is 1. The first kappa shape index (κ1) is 13.9. The Morgan fingerprint density at radius 3 is 2.79 bits per heavy atom.